The van der Waals surface area contributed by atoms with Crippen LogP contribution in [0.1, 0.15) is 13.8 Å². The van der Waals surface area contributed by atoms with E-state index in [4.69, 9.17) is 5.21 Å². The van der Waals surface area contributed by atoms with E-state index in [2.05, 4.69) is 19.0 Å². The molecule has 1 N–H and O–H groups in total. The molecule has 0 spiro atoms. The second-order valence-corrected chi connectivity index (χ2v) is 5.29. The number of rotatable bonds is 3. The predicted molar refractivity (Wildman–Crippen MR) is 38.4 cm³/mol. The van der Waals surface area contributed by atoms with Crippen molar-refractivity contribution in [2.75, 3.05) is 0 Å². The molecule has 8 heavy (non-hydrogen) atoms. The van der Waals surface area contributed by atoms with Crippen molar-refractivity contribution in [3.63, 3.8) is 0 Å². The van der Waals surface area contributed by atoms with Gasteiger partial charge in [-0.25, -0.2) is 0 Å². The van der Waals surface area contributed by atoms with E-state index in [1.165, 1.54) is 12.1 Å². The maximum absolute atomic E-state index is 8.10. The minimum atomic E-state index is -0.734. The molecule has 0 rings (SSSR count). The molecule has 0 aliphatic carbocycles. The zero-order valence-electron chi connectivity index (χ0n) is 5.46. The molecule has 0 heterocycles. The summed E-state index contributed by atoms with van der Waals surface area (Å²) >= 11 is 0. The number of nitrogens with zero attached hydrogens (tertiary/aromatic N) is 1. The van der Waals surface area contributed by atoms with Crippen LogP contribution >= 0.6 is 0 Å². The van der Waals surface area contributed by atoms with Crippen molar-refractivity contribution < 1.29 is 5.21 Å². The van der Waals surface area contributed by atoms with Gasteiger partial charge in [0.05, 0.1) is 8.80 Å². The Morgan fingerprint density at radius 3 is 2.12 bits per heavy atom. The van der Waals surface area contributed by atoms with Crippen LogP contribution in [0.3, 0.4) is 0 Å². The van der Waals surface area contributed by atoms with Crippen molar-refractivity contribution in [1.29, 1.82) is 0 Å². The second kappa shape index (κ2) is 4.84. The van der Waals surface area contributed by atoms with Crippen LogP contribution in [0.25, 0.3) is 0 Å². The molecule has 0 amide bonds. The fraction of sp³-hybridized carbons (Fsp3) is 0.800. The SMILES string of the molecule is CC[SiH](C=NO)CC. The van der Waals surface area contributed by atoms with Crippen molar-refractivity contribution in [3.05, 3.63) is 0 Å². The van der Waals surface area contributed by atoms with Crippen molar-refractivity contribution in [2.45, 2.75) is 25.9 Å². The first-order chi connectivity index (χ1) is 3.85. The van der Waals surface area contributed by atoms with Crippen LogP contribution in [0.15, 0.2) is 5.16 Å². The molecule has 0 aliphatic heterocycles. The third kappa shape index (κ3) is 2.79. The highest BCUT2D eigenvalue weighted by Crippen LogP contribution is 1.92. The van der Waals surface area contributed by atoms with Gasteiger partial charge in [0.1, 0.15) is 0 Å². The van der Waals surface area contributed by atoms with Gasteiger partial charge in [-0.2, -0.15) is 0 Å². The Labute approximate surface area is 51.8 Å². The van der Waals surface area contributed by atoms with E-state index in [9.17, 15) is 0 Å². The Kier molecular flexibility index (Phi) is 4.65. The maximum atomic E-state index is 8.10. The van der Waals surface area contributed by atoms with Crippen LogP contribution < -0.4 is 0 Å². The summed E-state index contributed by atoms with van der Waals surface area (Å²) in [5.74, 6) is 1.72. The third-order valence-corrected chi connectivity index (χ3v) is 3.98. The number of hydrogen-bond donors (Lipinski definition) is 1. The fourth-order valence-corrected chi connectivity index (χ4v) is 1.78. The summed E-state index contributed by atoms with van der Waals surface area (Å²) in [4.78, 5) is 0. The Balaban J connectivity index is 3.36. The summed E-state index contributed by atoms with van der Waals surface area (Å²) in [5.41, 5.74) is 0. The van der Waals surface area contributed by atoms with Gasteiger partial charge in [0.25, 0.3) is 0 Å². The van der Waals surface area contributed by atoms with E-state index in [0.717, 1.165) is 0 Å². The Morgan fingerprint density at radius 1 is 1.50 bits per heavy atom. The normalized spacial score (nSPS) is 11.4. The lowest BCUT2D eigenvalue weighted by Gasteiger charge is -1.97. The molecule has 0 saturated heterocycles. The molecule has 0 unspecified atom stereocenters. The average Bonchev–Trinajstić information content (AvgIpc) is 1.83. The highest BCUT2D eigenvalue weighted by Gasteiger charge is 1.98. The summed E-state index contributed by atoms with van der Waals surface area (Å²) in [7, 11) is -0.734. The lowest BCUT2D eigenvalue weighted by atomic mass is 10.9. The van der Waals surface area contributed by atoms with E-state index in [1.54, 1.807) is 5.84 Å². The summed E-state index contributed by atoms with van der Waals surface area (Å²) < 4.78 is 0. The molecule has 0 bridgehead atoms. The van der Waals surface area contributed by atoms with Crippen LogP contribution in [0.2, 0.25) is 12.1 Å². The molecule has 0 saturated carbocycles. The lowest BCUT2D eigenvalue weighted by Crippen LogP contribution is -2.10. The van der Waals surface area contributed by atoms with Gasteiger partial charge in [-0.15, -0.1) is 5.16 Å². The van der Waals surface area contributed by atoms with E-state index >= 15 is 0 Å². The monoisotopic (exact) mass is 131 g/mol. The molecular weight excluding hydrogens is 118 g/mol. The summed E-state index contributed by atoms with van der Waals surface area (Å²) in [5, 5.41) is 11.1. The van der Waals surface area contributed by atoms with Gasteiger partial charge < -0.3 is 5.21 Å². The largest absolute Gasteiger partial charge is 0.411 e. The first kappa shape index (κ1) is 7.69. The minimum Gasteiger partial charge on any atom is -0.411 e. The summed E-state index contributed by atoms with van der Waals surface area (Å²) in [6, 6.07) is 2.39. The van der Waals surface area contributed by atoms with E-state index in [1.807, 2.05) is 0 Å². The highest BCUT2D eigenvalue weighted by molar-refractivity contribution is 6.85. The molecule has 48 valence electrons. The first-order valence-corrected chi connectivity index (χ1v) is 5.32. The van der Waals surface area contributed by atoms with E-state index in [-0.39, 0.29) is 0 Å². The van der Waals surface area contributed by atoms with Gasteiger partial charge in [0.15, 0.2) is 0 Å². The Hall–Kier alpha value is -0.313. The zero-order chi connectivity index (χ0) is 6.41. The van der Waals surface area contributed by atoms with Gasteiger partial charge in [0, 0.05) is 5.84 Å². The fourth-order valence-electron chi connectivity index (χ4n) is 0.594. The second-order valence-electron chi connectivity index (χ2n) is 1.84. The first-order valence-electron chi connectivity index (χ1n) is 3.02. The third-order valence-electron chi connectivity index (χ3n) is 1.33. The molecule has 0 aromatic carbocycles. The van der Waals surface area contributed by atoms with Crippen molar-refractivity contribution in [1.82, 2.24) is 0 Å². The van der Waals surface area contributed by atoms with Gasteiger partial charge in [-0.1, -0.05) is 25.9 Å². The zero-order valence-corrected chi connectivity index (χ0v) is 6.62. The van der Waals surface area contributed by atoms with Crippen LogP contribution in [-0.2, 0) is 0 Å². The van der Waals surface area contributed by atoms with Crippen molar-refractivity contribution >= 4 is 14.6 Å². The van der Waals surface area contributed by atoms with Gasteiger partial charge in [-0.3, -0.25) is 0 Å². The molecule has 0 radical (unpaired) electrons. The molecule has 0 aromatic rings. The van der Waals surface area contributed by atoms with E-state index < -0.39 is 8.80 Å². The smallest absolute Gasteiger partial charge is 0.0888 e. The quantitative estimate of drug-likeness (QED) is 0.266. The minimum absolute atomic E-state index is 0.734. The van der Waals surface area contributed by atoms with Crippen LogP contribution in [0.4, 0.5) is 0 Å². The van der Waals surface area contributed by atoms with Crippen molar-refractivity contribution in [2.24, 2.45) is 5.16 Å². The highest BCUT2D eigenvalue weighted by atomic mass is 28.3. The molecule has 0 aromatic heterocycles. The Morgan fingerprint density at radius 2 is 2.00 bits per heavy atom. The van der Waals surface area contributed by atoms with Gasteiger partial charge in [-0.05, 0) is 0 Å². The summed E-state index contributed by atoms with van der Waals surface area (Å²) in [6.45, 7) is 4.28. The Bertz CT molecular complexity index is 70.8. The van der Waals surface area contributed by atoms with Crippen LogP contribution in [-0.4, -0.2) is 19.8 Å². The van der Waals surface area contributed by atoms with Crippen LogP contribution in [0, 0.1) is 0 Å². The molecule has 0 fully saturated rings. The molecular formula is C5H13NOSi. The number of oxime groups is 1. The number of hydrogen-bond acceptors (Lipinski definition) is 2. The summed E-state index contributed by atoms with van der Waals surface area (Å²) in [6.07, 6.45) is 0. The standard InChI is InChI=1S/C5H13NOSi/c1-3-8(4-2)5-6-7/h5,7-8H,3-4H2,1-2H3. The topological polar surface area (TPSA) is 32.6 Å². The maximum Gasteiger partial charge on any atom is 0.0888 e. The van der Waals surface area contributed by atoms with Gasteiger partial charge >= 0.3 is 0 Å². The lowest BCUT2D eigenvalue weighted by molar-refractivity contribution is 0.322. The van der Waals surface area contributed by atoms with Gasteiger partial charge in [0.2, 0.25) is 0 Å². The average molecular weight is 131 g/mol. The molecule has 0 atom stereocenters. The van der Waals surface area contributed by atoms with Crippen molar-refractivity contribution in [3.8, 4) is 0 Å². The van der Waals surface area contributed by atoms with E-state index in [0.29, 0.717) is 0 Å². The van der Waals surface area contributed by atoms with Crippen LogP contribution in [0.5, 0.6) is 0 Å². The molecule has 3 heteroatoms. The predicted octanol–water partition coefficient (Wildman–Crippen LogP) is 1.25. The molecule has 0 aliphatic rings. The molecule has 2 nitrogen and oxygen atoms in total.